The number of carbonyl (C=O) groups excluding carboxylic acids is 3. The number of hydrogen-bond donors (Lipinski definition) is 1. The first-order valence-corrected chi connectivity index (χ1v) is 7.41. The Labute approximate surface area is 97.5 Å². The summed E-state index contributed by atoms with van der Waals surface area (Å²) in [4.78, 5) is 34.0. The number of nitrogens with zero attached hydrogens (tertiary/aromatic N) is 1. The molecule has 1 aliphatic rings. The van der Waals surface area contributed by atoms with Gasteiger partial charge in [0.1, 0.15) is 5.25 Å². The Morgan fingerprint density at radius 2 is 2.36 bits per heavy atom. The molecule has 0 aromatic carbocycles. The van der Waals surface area contributed by atoms with Gasteiger partial charge in [-0.25, -0.2) is 0 Å². The van der Waals surface area contributed by atoms with Crippen LogP contribution in [-0.2, 0) is 14.4 Å². The molecule has 1 N–H and O–H groups in total. The second-order valence-corrected chi connectivity index (χ2v) is 5.01. The van der Waals surface area contributed by atoms with Crippen LogP contribution in [0.5, 0.6) is 0 Å². The Hall–Kier alpha value is -0.310. The van der Waals surface area contributed by atoms with Gasteiger partial charge in [0.15, 0.2) is 0 Å². The van der Waals surface area contributed by atoms with Crippen LogP contribution in [0.15, 0.2) is 0 Å². The zero-order valence-electron chi connectivity index (χ0n) is 7.23. The van der Waals surface area contributed by atoms with Gasteiger partial charge in [-0.05, 0) is 21.2 Å². The van der Waals surface area contributed by atoms with E-state index in [1.807, 2.05) is 21.2 Å². The zero-order valence-corrected chi connectivity index (χ0v) is 10.2. The van der Waals surface area contributed by atoms with E-state index in [9.17, 15) is 14.4 Å². The molecule has 78 valence electrons. The lowest BCUT2D eigenvalue weighted by atomic mass is 10.4. The summed E-state index contributed by atoms with van der Waals surface area (Å²) < 4.78 is 0. The minimum absolute atomic E-state index is 0.151. The molecule has 0 radical (unpaired) electrons. The smallest absolute Gasteiger partial charge is 0.243 e. The number of likely N-dealkylation sites (tertiary alicyclic amines) is 1. The van der Waals surface area contributed by atoms with Gasteiger partial charge in [0.2, 0.25) is 18.2 Å². The minimum Gasteiger partial charge on any atom is -0.357 e. The number of amides is 3. The number of imide groups is 1. The Balaban J connectivity index is 2.48. The van der Waals surface area contributed by atoms with E-state index in [0.717, 1.165) is 0 Å². The van der Waals surface area contributed by atoms with Crippen LogP contribution in [0, 0.1) is 0 Å². The van der Waals surface area contributed by atoms with E-state index in [0.29, 0.717) is 13.0 Å². The lowest BCUT2D eigenvalue weighted by Gasteiger charge is -2.13. The number of hydrogen-bond acceptors (Lipinski definition) is 4. The van der Waals surface area contributed by atoms with Crippen molar-refractivity contribution >= 4 is 48.4 Å². The molecule has 1 unspecified atom stereocenters. The van der Waals surface area contributed by atoms with Crippen molar-refractivity contribution in [2.45, 2.75) is 11.7 Å². The van der Waals surface area contributed by atoms with Gasteiger partial charge >= 0.3 is 0 Å². The van der Waals surface area contributed by atoms with Gasteiger partial charge in [-0.2, -0.15) is 0 Å². The Morgan fingerprint density at radius 3 is 2.86 bits per heavy atom. The molecule has 0 aliphatic carbocycles. The molecule has 0 aromatic heterocycles. The van der Waals surface area contributed by atoms with Gasteiger partial charge in [-0.15, -0.1) is 0 Å². The predicted molar refractivity (Wildman–Crippen MR) is 60.8 cm³/mol. The summed E-state index contributed by atoms with van der Waals surface area (Å²) in [5, 5.41) is 2.16. The molecule has 1 rings (SSSR count). The summed E-state index contributed by atoms with van der Waals surface area (Å²) in [6, 6.07) is 0. The van der Waals surface area contributed by atoms with Crippen LogP contribution in [0.25, 0.3) is 0 Å². The second-order valence-electron chi connectivity index (χ2n) is 2.74. The van der Waals surface area contributed by atoms with E-state index >= 15 is 0 Å². The molecule has 7 heteroatoms. The SMILES string of the molecule is O=CNCCN1C(=O)CC(SI)C1=O. The first-order valence-electron chi connectivity index (χ1n) is 3.99. The summed E-state index contributed by atoms with van der Waals surface area (Å²) in [7, 11) is 1.36. The number of carbonyl (C=O) groups is 3. The van der Waals surface area contributed by atoms with Crippen molar-refractivity contribution in [3.8, 4) is 0 Å². The van der Waals surface area contributed by atoms with Gasteiger partial charge in [0.25, 0.3) is 0 Å². The normalized spacial score (nSPS) is 21.5. The molecule has 14 heavy (non-hydrogen) atoms. The fourth-order valence-corrected chi connectivity index (χ4v) is 2.79. The molecular weight excluding hydrogens is 319 g/mol. The van der Waals surface area contributed by atoms with Gasteiger partial charge in [0, 0.05) is 19.5 Å². The molecule has 3 amide bonds. The fourth-order valence-electron chi connectivity index (χ4n) is 1.19. The van der Waals surface area contributed by atoms with E-state index in [1.54, 1.807) is 0 Å². The monoisotopic (exact) mass is 328 g/mol. The maximum absolute atomic E-state index is 11.5. The van der Waals surface area contributed by atoms with Crippen molar-refractivity contribution in [1.29, 1.82) is 0 Å². The quantitative estimate of drug-likeness (QED) is 0.332. The van der Waals surface area contributed by atoms with Crippen LogP contribution in [0.4, 0.5) is 0 Å². The maximum atomic E-state index is 11.5. The van der Waals surface area contributed by atoms with Crippen LogP contribution >= 0.6 is 30.1 Å². The van der Waals surface area contributed by atoms with Crippen molar-refractivity contribution in [1.82, 2.24) is 10.2 Å². The maximum Gasteiger partial charge on any atom is 0.243 e. The highest BCUT2D eigenvalue weighted by Gasteiger charge is 2.37. The molecule has 0 spiro atoms. The third kappa shape index (κ3) is 2.59. The third-order valence-corrected chi connectivity index (χ3v) is 4.30. The summed E-state index contributed by atoms with van der Waals surface area (Å²) in [5.74, 6) is -0.307. The van der Waals surface area contributed by atoms with Gasteiger partial charge in [-0.3, -0.25) is 19.3 Å². The van der Waals surface area contributed by atoms with Crippen molar-refractivity contribution < 1.29 is 14.4 Å². The van der Waals surface area contributed by atoms with Crippen LogP contribution in [0.3, 0.4) is 0 Å². The molecule has 1 saturated heterocycles. The molecule has 1 aliphatic heterocycles. The number of nitrogens with one attached hydrogen (secondary N) is 1. The first-order chi connectivity index (χ1) is 6.70. The molecular formula is C7H9IN2O3S. The Kier molecular flexibility index (Phi) is 4.66. The summed E-state index contributed by atoms with van der Waals surface area (Å²) in [5.41, 5.74) is 0. The minimum atomic E-state index is -0.251. The molecule has 5 nitrogen and oxygen atoms in total. The highest BCUT2D eigenvalue weighted by Crippen LogP contribution is 2.29. The highest BCUT2D eigenvalue weighted by atomic mass is 127. The predicted octanol–water partition coefficient (Wildman–Crippen LogP) is -0.0569. The van der Waals surface area contributed by atoms with Crippen molar-refractivity contribution in [2.24, 2.45) is 0 Å². The van der Waals surface area contributed by atoms with Crippen molar-refractivity contribution in [3.63, 3.8) is 0 Å². The van der Waals surface area contributed by atoms with E-state index in [2.05, 4.69) is 5.32 Å². The lowest BCUT2D eigenvalue weighted by Crippen LogP contribution is -2.36. The van der Waals surface area contributed by atoms with Crippen LogP contribution in [0.1, 0.15) is 6.42 Å². The zero-order chi connectivity index (χ0) is 10.6. The first kappa shape index (κ1) is 11.8. The second kappa shape index (κ2) is 5.54. The standard InChI is InChI=1S/C7H9IN2O3S/c8-14-5-3-6(12)10(7(5)13)2-1-9-4-11/h4-5H,1-3H2,(H,9,11). The van der Waals surface area contributed by atoms with E-state index in [4.69, 9.17) is 0 Å². The molecule has 1 heterocycles. The average Bonchev–Trinajstić information content (AvgIpc) is 2.45. The molecule has 1 atom stereocenters. The largest absolute Gasteiger partial charge is 0.357 e. The third-order valence-electron chi connectivity index (χ3n) is 1.87. The van der Waals surface area contributed by atoms with E-state index < -0.39 is 0 Å². The van der Waals surface area contributed by atoms with Crippen LogP contribution < -0.4 is 5.32 Å². The lowest BCUT2D eigenvalue weighted by molar-refractivity contribution is -0.138. The highest BCUT2D eigenvalue weighted by molar-refractivity contribution is 14.2. The summed E-state index contributed by atoms with van der Waals surface area (Å²) >= 11 is 2.01. The topological polar surface area (TPSA) is 66.5 Å². The fraction of sp³-hybridized carbons (Fsp3) is 0.571. The van der Waals surface area contributed by atoms with E-state index in [1.165, 1.54) is 13.8 Å². The average molecular weight is 328 g/mol. The number of halogens is 1. The molecule has 0 bridgehead atoms. The summed E-state index contributed by atoms with van der Waals surface area (Å²) in [6.45, 7) is 0.587. The van der Waals surface area contributed by atoms with Crippen molar-refractivity contribution in [2.75, 3.05) is 13.1 Å². The summed E-state index contributed by atoms with van der Waals surface area (Å²) in [6.07, 6.45) is 0.823. The molecule has 0 aromatic rings. The number of rotatable bonds is 5. The van der Waals surface area contributed by atoms with Crippen LogP contribution in [0.2, 0.25) is 0 Å². The van der Waals surface area contributed by atoms with E-state index in [-0.39, 0.29) is 30.0 Å². The van der Waals surface area contributed by atoms with Gasteiger partial charge in [-0.1, -0.05) is 8.93 Å². The Morgan fingerprint density at radius 1 is 1.64 bits per heavy atom. The molecule has 1 fully saturated rings. The van der Waals surface area contributed by atoms with Gasteiger partial charge in [0.05, 0.1) is 0 Å². The molecule has 0 saturated carbocycles. The van der Waals surface area contributed by atoms with Crippen molar-refractivity contribution in [3.05, 3.63) is 0 Å². The Bertz CT molecular complexity index is 261. The van der Waals surface area contributed by atoms with Gasteiger partial charge < -0.3 is 5.32 Å². The van der Waals surface area contributed by atoms with Crippen LogP contribution in [-0.4, -0.2) is 41.5 Å².